The molecule has 0 aromatic heterocycles. The highest BCUT2D eigenvalue weighted by Gasteiger charge is 2.08. The Kier molecular flexibility index (Phi) is 7.17. The minimum Gasteiger partial charge on any atom is -0.493 e. The van der Waals surface area contributed by atoms with E-state index in [-0.39, 0.29) is 0 Å². The largest absolute Gasteiger partial charge is 0.493 e. The van der Waals surface area contributed by atoms with Crippen molar-refractivity contribution in [1.29, 1.82) is 0 Å². The zero-order valence-electron chi connectivity index (χ0n) is 15.5. The van der Waals surface area contributed by atoms with Gasteiger partial charge in [0, 0.05) is 0 Å². The van der Waals surface area contributed by atoms with Gasteiger partial charge in [-0.3, -0.25) is 0 Å². The van der Waals surface area contributed by atoms with Crippen LogP contribution < -0.4 is 9.47 Å². The third kappa shape index (κ3) is 5.02. The van der Waals surface area contributed by atoms with Crippen molar-refractivity contribution in [3.63, 3.8) is 0 Å². The quantitative estimate of drug-likeness (QED) is 0.525. The van der Waals surface area contributed by atoms with E-state index in [0.717, 1.165) is 42.9 Å². The second-order valence-corrected chi connectivity index (χ2v) is 6.37. The highest BCUT2D eigenvalue weighted by atomic mass is 16.5. The lowest BCUT2D eigenvalue weighted by Crippen LogP contribution is -2.02. The van der Waals surface area contributed by atoms with Crippen molar-refractivity contribution in [3.05, 3.63) is 58.7 Å². The minimum atomic E-state index is 0.600. The molecule has 0 fully saturated rings. The predicted octanol–water partition coefficient (Wildman–Crippen LogP) is 6.01. The summed E-state index contributed by atoms with van der Waals surface area (Å²) in [6, 6.07) is 12.8. The number of ether oxygens (including phenoxy) is 2. The maximum Gasteiger partial charge on any atom is 0.123 e. The molecule has 0 radical (unpaired) electrons. The maximum atomic E-state index is 6.03. The van der Waals surface area contributed by atoms with Crippen LogP contribution in [0.25, 0.3) is 0 Å². The molecule has 0 aliphatic rings. The number of rotatable bonds is 9. The first kappa shape index (κ1) is 18.4. The number of hydrogen-bond acceptors (Lipinski definition) is 2. The van der Waals surface area contributed by atoms with Gasteiger partial charge in [0.05, 0.1) is 6.61 Å². The predicted molar refractivity (Wildman–Crippen MR) is 101 cm³/mol. The van der Waals surface area contributed by atoms with Gasteiger partial charge in [-0.15, -0.1) is 0 Å². The van der Waals surface area contributed by atoms with Gasteiger partial charge in [-0.05, 0) is 61.1 Å². The van der Waals surface area contributed by atoms with Gasteiger partial charge in [0.1, 0.15) is 18.1 Å². The summed E-state index contributed by atoms with van der Waals surface area (Å²) in [4.78, 5) is 0. The highest BCUT2D eigenvalue weighted by molar-refractivity contribution is 5.47. The van der Waals surface area contributed by atoms with Crippen LogP contribution in [0.4, 0.5) is 0 Å². The third-order valence-corrected chi connectivity index (χ3v) is 4.40. The fourth-order valence-electron chi connectivity index (χ4n) is 2.66. The molecule has 0 aliphatic heterocycles. The van der Waals surface area contributed by atoms with Crippen molar-refractivity contribution in [2.75, 3.05) is 6.61 Å². The van der Waals surface area contributed by atoms with E-state index in [1.54, 1.807) is 0 Å². The van der Waals surface area contributed by atoms with E-state index in [1.165, 1.54) is 23.1 Å². The molecule has 0 spiro atoms. The normalized spacial score (nSPS) is 10.7. The molecule has 0 N–H and O–H groups in total. The number of aryl methyl sites for hydroxylation is 1. The molecule has 130 valence electrons. The number of hydrogen-bond donors (Lipinski definition) is 0. The van der Waals surface area contributed by atoms with E-state index in [0.29, 0.717) is 6.61 Å². The van der Waals surface area contributed by atoms with Crippen molar-refractivity contribution in [2.24, 2.45) is 0 Å². The molecule has 2 aromatic carbocycles. The fourth-order valence-corrected chi connectivity index (χ4v) is 2.66. The smallest absolute Gasteiger partial charge is 0.123 e. The first-order chi connectivity index (χ1) is 11.7. The van der Waals surface area contributed by atoms with Crippen LogP contribution in [-0.4, -0.2) is 6.61 Å². The van der Waals surface area contributed by atoms with Gasteiger partial charge in [-0.25, -0.2) is 0 Å². The first-order valence-corrected chi connectivity index (χ1v) is 9.09. The highest BCUT2D eigenvalue weighted by Crippen LogP contribution is 2.29. The van der Waals surface area contributed by atoms with Crippen molar-refractivity contribution in [2.45, 2.75) is 60.0 Å². The third-order valence-electron chi connectivity index (χ3n) is 4.40. The maximum absolute atomic E-state index is 6.03. The summed E-state index contributed by atoms with van der Waals surface area (Å²) in [5, 5.41) is 0. The molecule has 0 amide bonds. The van der Waals surface area contributed by atoms with E-state index < -0.39 is 0 Å². The molecule has 24 heavy (non-hydrogen) atoms. The average Bonchev–Trinajstić information content (AvgIpc) is 2.60. The topological polar surface area (TPSA) is 18.5 Å². The Morgan fingerprint density at radius 3 is 1.88 bits per heavy atom. The summed E-state index contributed by atoms with van der Waals surface area (Å²) in [6.45, 7) is 9.96. The van der Waals surface area contributed by atoms with Gasteiger partial charge in [0.15, 0.2) is 0 Å². The van der Waals surface area contributed by atoms with Crippen LogP contribution in [0.2, 0.25) is 0 Å². The van der Waals surface area contributed by atoms with Gasteiger partial charge in [0.2, 0.25) is 0 Å². The van der Waals surface area contributed by atoms with Crippen molar-refractivity contribution in [3.8, 4) is 11.5 Å². The summed E-state index contributed by atoms with van der Waals surface area (Å²) in [5.74, 6) is 1.91. The van der Waals surface area contributed by atoms with Crippen LogP contribution in [0.5, 0.6) is 11.5 Å². The van der Waals surface area contributed by atoms with E-state index in [9.17, 15) is 0 Å². The second-order valence-electron chi connectivity index (χ2n) is 6.37. The Morgan fingerprint density at radius 1 is 0.708 bits per heavy atom. The van der Waals surface area contributed by atoms with Crippen molar-refractivity contribution >= 4 is 0 Å². The fraction of sp³-hybridized carbons (Fsp3) is 0.455. The van der Waals surface area contributed by atoms with Crippen LogP contribution in [-0.2, 0) is 13.0 Å². The van der Waals surface area contributed by atoms with E-state index in [4.69, 9.17) is 9.47 Å². The Morgan fingerprint density at radius 2 is 1.29 bits per heavy atom. The van der Waals surface area contributed by atoms with Crippen LogP contribution in [0.3, 0.4) is 0 Å². The van der Waals surface area contributed by atoms with Crippen LogP contribution in [0.15, 0.2) is 36.4 Å². The summed E-state index contributed by atoms with van der Waals surface area (Å²) in [7, 11) is 0. The second kappa shape index (κ2) is 9.36. The molecule has 2 heteroatoms. The lowest BCUT2D eigenvalue weighted by Gasteiger charge is -2.15. The molecule has 2 aromatic rings. The summed E-state index contributed by atoms with van der Waals surface area (Å²) >= 11 is 0. The standard InChI is InChI=1S/C22H30O2/c1-5-7-15-23-21-13-14-22(18(4)17(21)3)24-16-20-11-9-19(8-6-2)10-12-20/h9-14H,5-8,15-16H2,1-4H3. The zero-order valence-corrected chi connectivity index (χ0v) is 15.5. The Hall–Kier alpha value is -1.96. The Labute approximate surface area is 146 Å². The number of benzene rings is 2. The molecule has 0 bridgehead atoms. The van der Waals surface area contributed by atoms with Gasteiger partial charge >= 0.3 is 0 Å². The summed E-state index contributed by atoms with van der Waals surface area (Å²) in [6.07, 6.45) is 4.56. The molecular formula is C22H30O2. The molecule has 0 saturated heterocycles. The zero-order chi connectivity index (χ0) is 17.4. The van der Waals surface area contributed by atoms with E-state index in [1.807, 2.05) is 12.1 Å². The Bertz CT molecular complexity index is 629. The van der Waals surface area contributed by atoms with Gasteiger partial charge < -0.3 is 9.47 Å². The molecule has 0 atom stereocenters. The summed E-state index contributed by atoms with van der Waals surface area (Å²) in [5.41, 5.74) is 4.92. The summed E-state index contributed by atoms with van der Waals surface area (Å²) < 4.78 is 11.9. The lowest BCUT2D eigenvalue weighted by atomic mass is 10.1. The van der Waals surface area contributed by atoms with Gasteiger partial charge in [-0.1, -0.05) is 51.0 Å². The van der Waals surface area contributed by atoms with E-state index >= 15 is 0 Å². The van der Waals surface area contributed by atoms with Crippen molar-refractivity contribution < 1.29 is 9.47 Å². The monoisotopic (exact) mass is 326 g/mol. The lowest BCUT2D eigenvalue weighted by molar-refractivity contribution is 0.295. The first-order valence-electron chi connectivity index (χ1n) is 9.09. The molecule has 0 unspecified atom stereocenters. The SMILES string of the molecule is CCCCOc1ccc(OCc2ccc(CCC)cc2)c(C)c1C. The molecule has 2 rings (SSSR count). The minimum absolute atomic E-state index is 0.600. The van der Waals surface area contributed by atoms with E-state index in [2.05, 4.69) is 52.0 Å². The molecular weight excluding hydrogens is 296 g/mol. The molecule has 2 nitrogen and oxygen atoms in total. The van der Waals surface area contributed by atoms with Gasteiger partial charge in [0.25, 0.3) is 0 Å². The van der Waals surface area contributed by atoms with Crippen LogP contribution >= 0.6 is 0 Å². The molecule has 0 heterocycles. The molecule has 0 saturated carbocycles. The van der Waals surface area contributed by atoms with Crippen LogP contribution in [0.1, 0.15) is 55.4 Å². The molecule has 0 aliphatic carbocycles. The number of unbranched alkanes of at least 4 members (excludes halogenated alkanes) is 1. The Balaban J connectivity index is 1.98. The van der Waals surface area contributed by atoms with Gasteiger partial charge in [-0.2, -0.15) is 0 Å². The average molecular weight is 326 g/mol. The van der Waals surface area contributed by atoms with Crippen LogP contribution in [0, 0.1) is 13.8 Å². The van der Waals surface area contributed by atoms with Crippen molar-refractivity contribution in [1.82, 2.24) is 0 Å².